The topological polar surface area (TPSA) is 61.8 Å². The maximum Gasteiger partial charge on any atom is 0.474 e. The lowest BCUT2D eigenvalue weighted by Crippen LogP contribution is -2.50. The molecule has 6 heteroatoms. The minimum Gasteiger partial charge on any atom is -0.295 e. The van der Waals surface area contributed by atoms with Gasteiger partial charge in [0.15, 0.2) is 5.78 Å². The first-order valence-corrected chi connectivity index (χ1v) is 13.5. The average Bonchev–Trinajstić information content (AvgIpc) is 3.04. The van der Waals surface area contributed by atoms with Crippen molar-refractivity contribution in [2.45, 2.75) is 79.1 Å². The van der Waals surface area contributed by atoms with Crippen LogP contribution in [0.25, 0.3) is 0 Å². The second kappa shape index (κ2) is 8.46. The minimum atomic E-state index is -3.45. The molecule has 3 fully saturated rings. The highest BCUT2D eigenvalue weighted by Gasteiger charge is 2.59. The SMILES string of the molecule is CCOP(=O)(OCC)OC[C@H]1CC[C@H]2[C@@H]3CCC4=CC(=O)CC[C@]4(C)[C@H]3CC[C@]12C. The third-order valence-corrected chi connectivity index (χ3v) is 10.8. The number of phosphoric acid groups is 1. The first-order valence-electron chi connectivity index (χ1n) is 12.0. The van der Waals surface area contributed by atoms with E-state index in [2.05, 4.69) is 13.8 Å². The molecule has 6 atom stereocenters. The number of ketones is 1. The zero-order chi connectivity index (χ0) is 21.6. The number of fused-ring (bicyclic) bond motifs is 5. The summed E-state index contributed by atoms with van der Waals surface area (Å²) in [5, 5.41) is 0. The van der Waals surface area contributed by atoms with Gasteiger partial charge in [-0.25, -0.2) is 4.57 Å². The van der Waals surface area contributed by atoms with Crippen LogP contribution in [0, 0.1) is 34.5 Å². The van der Waals surface area contributed by atoms with Crippen molar-refractivity contribution in [3.8, 4) is 0 Å². The van der Waals surface area contributed by atoms with E-state index in [9.17, 15) is 9.36 Å². The third kappa shape index (κ3) is 3.78. The van der Waals surface area contributed by atoms with Crippen molar-refractivity contribution >= 4 is 13.6 Å². The Bertz CT molecular complexity index is 738. The van der Waals surface area contributed by atoms with Crippen molar-refractivity contribution < 1.29 is 22.9 Å². The molecule has 0 aromatic heterocycles. The normalized spacial score (nSPS) is 41.1. The minimum absolute atomic E-state index is 0.215. The number of rotatable bonds is 7. The van der Waals surface area contributed by atoms with Crippen molar-refractivity contribution in [3.05, 3.63) is 11.6 Å². The van der Waals surface area contributed by atoms with Crippen LogP contribution in [0.4, 0.5) is 0 Å². The summed E-state index contributed by atoms with van der Waals surface area (Å²) in [7, 11) is -3.45. The molecule has 3 saturated carbocycles. The molecule has 0 heterocycles. The monoisotopic (exact) mass is 438 g/mol. The fourth-order valence-electron chi connectivity index (χ4n) is 7.55. The van der Waals surface area contributed by atoms with Crippen molar-refractivity contribution in [2.24, 2.45) is 34.5 Å². The van der Waals surface area contributed by atoms with Crippen LogP contribution in [0.1, 0.15) is 79.1 Å². The van der Waals surface area contributed by atoms with Gasteiger partial charge >= 0.3 is 7.82 Å². The van der Waals surface area contributed by atoms with Gasteiger partial charge in [0.2, 0.25) is 0 Å². The summed E-state index contributed by atoms with van der Waals surface area (Å²) < 4.78 is 29.3. The Morgan fingerprint density at radius 2 is 1.70 bits per heavy atom. The number of allylic oxidation sites excluding steroid dienone is 1. The van der Waals surface area contributed by atoms with E-state index in [4.69, 9.17) is 13.6 Å². The Balaban J connectivity index is 1.48. The first-order chi connectivity index (χ1) is 14.3. The van der Waals surface area contributed by atoms with Gasteiger partial charge in [-0.15, -0.1) is 0 Å². The standard InChI is InChI=1S/C24H39O5P/c1-5-27-30(26,28-6-2)29-16-18-8-10-21-20-9-7-17-15-19(25)11-13-23(17,3)22(20)12-14-24(18,21)4/h15,18,20-22H,5-14,16H2,1-4H3/t18-,20+,21+,22+,23+,24-/m1/s1. The molecule has 0 N–H and O–H groups in total. The lowest BCUT2D eigenvalue weighted by Gasteiger charge is -2.58. The van der Waals surface area contributed by atoms with E-state index < -0.39 is 7.82 Å². The zero-order valence-corrected chi connectivity index (χ0v) is 20.0. The molecule has 0 aromatic rings. The van der Waals surface area contributed by atoms with Crippen LogP contribution in [-0.4, -0.2) is 25.6 Å². The van der Waals surface area contributed by atoms with Gasteiger partial charge in [0.05, 0.1) is 19.8 Å². The first kappa shape index (κ1) is 22.7. The second-order valence-corrected chi connectivity index (χ2v) is 12.0. The highest BCUT2D eigenvalue weighted by atomic mass is 31.2. The number of carbonyl (C=O) groups is 1. The number of hydrogen-bond donors (Lipinski definition) is 0. The smallest absolute Gasteiger partial charge is 0.295 e. The van der Waals surface area contributed by atoms with Crippen LogP contribution in [-0.2, 0) is 22.9 Å². The van der Waals surface area contributed by atoms with Crippen molar-refractivity contribution in [1.82, 2.24) is 0 Å². The highest BCUT2D eigenvalue weighted by molar-refractivity contribution is 7.48. The van der Waals surface area contributed by atoms with Crippen molar-refractivity contribution in [3.63, 3.8) is 0 Å². The number of carbonyl (C=O) groups excluding carboxylic acids is 1. The molecule has 5 nitrogen and oxygen atoms in total. The summed E-state index contributed by atoms with van der Waals surface area (Å²) in [6, 6.07) is 0. The quantitative estimate of drug-likeness (QED) is 0.435. The van der Waals surface area contributed by atoms with E-state index in [1.54, 1.807) is 0 Å². The zero-order valence-electron chi connectivity index (χ0n) is 19.2. The van der Waals surface area contributed by atoms with E-state index in [-0.39, 0.29) is 10.8 Å². The molecule has 0 radical (unpaired) electrons. The van der Waals surface area contributed by atoms with Gasteiger partial charge in [-0.3, -0.25) is 18.4 Å². The van der Waals surface area contributed by atoms with E-state index in [0.717, 1.165) is 25.2 Å². The van der Waals surface area contributed by atoms with Crippen molar-refractivity contribution in [1.29, 1.82) is 0 Å². The summed E-state index contributed by atoms with van der Waals surface area (Å²) in [6.07, 6.45) is 10.8. The molecule has 0 aromatic carbocycles. The summed E-state index contributed by atoms with van der Waals surface area (Å²) in [5.41, 5.74) is 1.87. The molecule has 0 unspecified atom stereocenters. The van der Waals surface area contributed by atoms with Gasteiger partial charge in [-0.05, 0) is 99.4 Å². The summed E-state index contributed by atoms with van der Waals surface area (Å²) in [6.45, 7) is 9.60. The molecule has 30 heavy (non-hydrogen) atoms. The molecule has 0 spiro atoms. The highest BCUT2D eigenvalue weighted by Crippen LogP contribution is 2.67. The molecule has 4 rings (SSSR count). The molecule has 0 aliphatic heterocycles. The van der Waals surface area contributed by atoms with Gasteiger partial charge in [0.25, 0.3) is 0 Å². The van der Waals surface area contributed by atoms with Crippen molar-refractivity contribution in [2.75, 3.05) is 19.8 Å². The van der Waals surface area contributed by atoms with Crippen LogP contribution < -0.4 is 0 Å². The molecular formula is C24H39O5P. The summed E-state index contributed by atoms with van der Waals surface area (Å²) >= 11 is 0. The molecule has 4 aliphatic rings. The predicted molar refractivity (Wildman–Crippen MR) is 117 cm³/mol. The fourth-order valence-corrected chi connectivity index (χ4v) is 8.77. The molecule has 170 valence electrons. The maximum absolute atomic E-state index is 12.8. The lowest BCUT2D eigenvalue weighted by molar-refractivity contribution is -0.117. The van der Waals surface area contributed by atoms with Gasteiger partial charge < -0.3 is 0 Å². The van der Waals surface area contributed by atoms with Crippen LogP contribution in [0.5, 0.6) is 0 Å². The average molecular weight is 439 g/mol. The third-order valence-electron chi connectivity index (χ3n) is 9.17. The van der Waals surface area contributed by atoms with E-state index >= 15 is 0 Å². The molecule has 0 amide bonds. The van der Waals surface area contributed by atoms with Crippen LogP contribution in [0.2, 0.25) is 0 Å². The number of phosphoric ester groups is 1. The Hall–Kier alpha value is -0.480. The van der Waals surface area contributed by atoms with Gasteiger partial charge in [-0.2, -0.15) is 0 Å². The molecule has 0 bridgehead atoms. The fraction of sp³-hybridized carbons (Fsp3) is 0.875. The molecular weight excluding hydrogens is 399 g/mol. The second-order valence-electron chi connectivity index (χ2n) is 10.4. The lowest BCUT2D eigenvalue weighted by atomic mass is 9.47. The van der Waals surface area contributed by atoms with Gasteiger partial charge in [-0.1, -0.05) is 19.4 Å². The Labute approximate surface area is 181 Å². The largest absolute Gasteiger partial charge is 0.474 e. The van der Waals surface area contributed by atoms with Crippen LogP contribution >= 0.6 is 7.82 Å². The summed E-state index contributed by atoms with van der Waals surface area (Å²) in [5.74, 6) is 2.85. The predicted octanol–water partition coefficient (Wildman–Crippen LogP) is 6.33. The van der Waals surface area contributed by atoms with Gasteiger partial charge in [0.1, 0.15) is 0 Å². The Morgan fingerprint density at radius 3 is 2.40 bits per heavy atom. The van der Waals surface area contributed by atoms with Crippen LogP contribution in [0.15, 0.2) is 11.6 Å². The van der Waals surface area contributed by atoms with Gasteiger partial charge in [0, 0.05) is 6.42 Å². The Morgan fingerprint density at radius 1 is 0.967 bits per heavy atom. The Kier molecular flexibility index (Phi) is 6.40. The molecule has 4 aliphatic carbocycles. The van der Waals surface area contributed by atoms with Crippen LogP contribution in [0.3, 0.4) is 0 Å². The van der Waals surface area contributed by atoms with E-state index in [0.29, 0.717) is 49.8 Å². The maximum atomic E-state index is 12.8. The molecule has 0 saturated heterocycles. The number of hydrogen-bond acceptors (Lipinski definition) is 5. The van der Waals surface area contributed by atoms with E-state index in [1.807, 2.05) is 19.9 Å². The summed E-state index contributed by atoms with van der Waals surface area (Å²) in [4.78, 5) is 12.0. The van der Waals surface area contributed by atoms with E-state index in [1.165, 1.54) is 31.3 Å².